The van der Waals surface area contributed by atoms with Crippen LogP contribution in [0.5, 0.6) is 0 Å². The topological polar surface area (TPSA) is 113 Å². The summed E-state index contributed by atoms with van der Waals surface area (Å²) >= 11 is 0. The predicted molar refractivity (Wildman–Crippen MR) is 104 cm³/mol. The molecule has 1 fully saturated rings. The summed E-state index contributed by atoms with van der Waals surface area (Å²) in [6.07, 6.45) is 0.295. The number of alkyl halides is 2. The zero-order valence-electron chi connectivity index (χ0n) is 16.2. The average Bonchev–Trinajstić information content (AvgIpc) is 2.99. The molecule has 1 saturated heterocycles. The number of aromatic nitrogens is 2. The van der Waals surface area contributed by atoms with Gasteiger partial charge in [-0.05, 0) is 26.7 Å². The number of sulfonamides is 1. The first-order chi connectivity index (χ1) is 13.0. The molecule has 1 atom stereocenters. The van der Waals surface area contributed by atoms with Crippen molar-refractivity contribution >= 4 is 21.8 Å². The quantitative estimate of drug-likeness (QED) is 0.602. The predicted octanol–water partition coefficient (Wildman–Crippen LogP) is 0.878. The highest BCUT2D eigenvalue weighted by Gasteiger charge is 2.37. The fourth-order valence-electron chi connectivity index (χ4n) is 3.54. The number of nitrogens with one attached hydrogen (secondary N) is 2. The number of fused-ring (bicyclic) bond motifs is 1. The minimum Gasteiger partial charge on any atom is -0.369 e. The lowest BCUT2D eigenvalue weighted by Crippen LogP contribution is -2.35. The monoisotopic (exact) mass is 418 g/mol. The van der Waals surface area contributed by atoms with E-state index in [1.165, 1.54) is 0 Å². The fourth-order valence-corrected chi connectivity index (χ4v) is 4.74. The Bertz CT molecular complexity index is 818. The van der Waals surface area contributed by atoms with E-state index in [1.807, 2.05) is 4.90 Å². The summed E-state index contributed by atoms with van der Waals surface area (Å²) in [6, 6.07) is -0.172. The molecule has 2 aliphatic rings. The van der Waals surface area contributed by atoms with Gasteiger partial charge >= 0.3 is 0 Å². The number of aryl methyl sites for hydroxylation is 1. The molecule has 1 aromatic rings. The molecule has 1 aliphatic carbocycles. The third-order valence-electron chi connectivity index (χ3n) is 4.83. The van der Waals surface area contributed by atoms with Crippen molar-refractivity contribution in [1.82, 2.24) is 14.7 Å². The Hall–Kier alpha value is -1.59. The average molecular weight is 419 g/mol. The minimum atomic E-state index is -3.46. The van der Waals surface area contributed by atoms with E-state index < -0.39 is 22.4 Å². The first kappa shape index (κ1) is 21.1. The normalized spacial score (nSPS) is 21.8. The Labute approximate surface area is 164 Å². The van der Waals surface area contributed by atoms with Crippen LogP contribution in [-0.4, -0.2) is 61.8 Å². The molecule has 0 spiro atoms. The van der Waals surface area contributed by atoms with E-state index in [2.05, 4.69) is 20.0 Å². The van der Waals surface area contributed by atoms with Crippen molar-refractivity contribution in [3.8, 4) is 0 Å². The van der Waals surface area contributed by atoms with Gasteiger partial charge in [0.1, 0.15) is 5.82 Å². The lowest BCUT2D eigenvalue weighted by Gasteiger charge is -2.27. The summed E-state index contributed by atoms with van der Waals surface area (Å²) in [6.45, 7) is 4.86. The molecule has 11 heteroatoms. The van der Waals surface area contributed by atoms with Gasteiger partial charge in [-0.15, -0.1) is 0 Å². The van der Waals surface area contributed by atoms with E-state index in [0.29, 0.717) is 36.1 Å². The van der Waals surface area contributed by atoms with Gasteiger partial charge in [0.2, 0.25) is 16.0 Å². The lowest BCUT2D eigenvalue weighted by atomic mass is 9.93. The van der Waals surface area contributed by atoms with Crippen LogP contribution in [0.3, 0.4) is 0 Å². The molecule has 8 nitrogen and oxygen atoms in total. The highest BCUT2D eigenvalue weighted by atomic mass is 32.2. The van der Waals surface area contributed by atoms with Gasteiger partial charge in [-0.3, -0.25) is 0 Å². The van der Waals surface area contributed by atoms with Crippen molar-refractivity contribution in [2.24, 2.45) is 5.73 Å². The summed E-state index contributed by atoms with van der Waals surface area (Å²) in [7, 11) is -3.46. The van der Waals surface area contributed by atoms with Crippen molar-refractivity contribution < 1.29 is 17.2 Å². The molecule has 0 aromatic carbocycles. The molecule has 1 aromatic heterocycles. The van der Waals surface area contributed by atoms with Gasteiger partial charge in [-0.1, -0.05) is 0 Å². The number of nitrogens with zero attached hydrogens (tertiary/aromatic N) is 3. The van der Waals surface area contributed by atoms with Crippen LogP contribution in [0.4, 0.5) is 20.5 Å². The molecule has 1 aliphatic heterocycles. The Kier molecular flexibility index (Phi) is 6.06. The highest BCUT2D eigenvalue weighted by molar-refractivity contribution is 7.89. The van der Waals surface area contributed by atoms with Crippen LogP contribution in [0.15, 0.2) is 0 Å². The van der Waals surface area contributed by atoms with Crippen LogP contribution in [0.2, 0.25) is 0 Å². The van der Waals surface area contributed by atoms with Gasteiger partial charge in [-0.2, -0.15) is 4.98 Å². The number of rotatable bonds is 7. The van der Waals surface area contributed by atoms with Gasteiger partial charge in [0, 0.05) is 50.1 Å². The summed E-state index contributed by atoms with van der Waals surface area (Å²) in [4.78, 5) is 10.9. The number of hydrogen-bond acceptors (Lipinski definition) is 7. The van der Waals surface area contributed by atoms with Crippen molar-refractivity contribution in [3.63, 3.8) is 0 Å². The van der Waals surface area contributed by atoms with Gasteiger partial charge in [0.15, 0.2) is 0 Å². The van der Waals surface area contributed by atoms with Crippen LogP contribution >= 0.6 is 0 Å². The molecular weight excluding hydrogens is 390 g/mol. The zero-order valence-corrected chi connectivity index (χ0v) is 17.0. The van der Waals surface area contributed by atoms with Gasteiger partial charge in [0.25, 0.3) is 5.92 Å². The first-order valence-electron chi connectivity index (χ1n) is 9.57. The van der Waals surface area contributed by atoms with E-state index in [4.69, 9.17) is 5.73 Å². The molecular formula is C17H28F2N6O2S. The molecule has 0 amide bonds. The molecule has 2 heterocycles. The van der Waals surface area contributed by atoms with E-state index in [0.717, 1.165) is 6.42 Å². The summed E-state index contributed by atoms with van der Waals surface area (Å²) in [5, 5.41) is 2.95. The fraction of sp³-hybridized carbons (Fsp3) is 0.765. The van der Waals surface area contributed by atoms with E-state index in [1.54, 1.807) is 13.8 Å². The van der Waals surface area contributed by atoms with Crippen molar-refractivity contribution in [2.45, 2.75) is 57.5 Å². The van der Waals surface area contributed by atoms with Crippen LogP contribution in [0, 0.1) is 0 Å². The van der Waals surface area contributed by atoms with E-state index in [-0.39, 0.29) is 37.2 Å². The van der Waals surface area contributed by atoms with E-state index in [9.17, 15) is 17.2 Å². The van der Waals surface area contributed by atoms with Crippen LogP contribution in [0.1, 0.15) is 37.9 Å². The minimum absolute atomic E-state index is 0.0348. The third-order valence-corrected chi connectivity index (χ3v) is 6.40. The standard InChI is InChI=1S/C17H28F2N6O2S/c1-11(2)24-28(26,27)8-6-21-15-13-9-17(18,19)5-3-14(13)22-16(23-15)25-7-4-12(20)10-25/h11-12,24H,3-10,20H2,1-2H3,(H,21,22,23)/t12-/m1/s1. The zero-order chi connectivity index (χ0) is 20.5. The maximum absolute atomic E-state index is 14.0. The van der Waals surface area contributed by atoms with Crippen molar-refractivity contribution in [2.75, 3.05) is 35.6 Å². The second-order valence-corrected chi connectivity index (χ2v) is 9.72. The summed E-state index contributed by atoms with van der Waals surface area (Å²) < 4.78 is 54.4. The van der Waals surface area contributed by atoms with Crippen LogP contribution in [-0.2, 0) is 22.9 Å². The SMILES string of the molecule is CC(C)NS(=O)(=O)CCNc1nc(N2CC[C@@H](N)C2)nc2c1CC(F)(F)CC2. The van der Waals surface area contributed by atoms with Crippen molar-refractivity contribution in [1.29, 1.82) is 0 Å². The van der Waals surface area contributed by atoms with Crippen LogP contribution in [0.25, 0.3) is 0 Å². The molecule has 0 saturated carbocycles. The lowest BCUT2D eigenvalue weighted by molar-refractivity contribution is -0.0127. The first-order valence-corrected chi connectivity index (χ1v) is 11.2. The summed E-state index contributed by atoms with van der Waals surface area (Å²) in [5.74, 6) is -2.23. The Morgan fingerprint density at radius 3 is 2.75 bits per heavy atom. The molecule has 158 valence electrons. The number of nitrogens with two attached hydrogens (primary N) is 1. The third kappa shape index (κ3) is 5.26. The van der Waals surface area contributed by atoms with Gasteiger partial charge in [0.05, 0.1) is 11.4 Å². The number of halogens is 2. The Balaban J connectivity index is 1.81. The Morgan fingerprint density at radius 2 is 2.11 bits per heavy atom. The van der Waals surface area contributed by atoms with Crippen molar-refractivity contribution in [3.05, 3.63) is 11.3 Å². The molecule has 0 radical (unpaired) electrons. The molecule has 28 heavy (non-hydrogen) atoms. The second-order valence-electron chi connectivity index (χ2n) is 7.84. The smallest absolute Gasteiger partial charge is 0.252 e. The molecule has 3 rings (SSSR count). The molecule has 0 bridgehead atoms. The van der Waals surface area contributed by atoms with Gasteiger partial charge < -0.3 is 16.0 Å². The number of hydrogen-bond donors (Lipinski definition) is 3. The summed E-state index contributed by atoms with van der Waals surface area (Å²) in [5.41, 5.74) is 6.93. The maximum Gasteiger partial charge on any atom is 0.252 e. The van der Waals surface area contributed by atoms with E-state index >= 15 is 0 Å². The molecule has 4 N–H and O–H groups in total. The highest BCUT2D eigenvalue weighted by Crippen LogP contribution is 2.36. The maximum atomic E-state index is 14.0. The Morgan fingerprint density at radius 1 is 1.36 bits per heavy atom. The largest absolute Gasteiger partial charge is 0.369 e. The number of anilines is 2. The van der Waals surface area contributed by atoms with Crippen LogP contribution < -0.4 is 20.7 Å². The molecule has 0 unspecified atom stereocenters. The van der Waals surface area contributed by atoms with Gasteiger partial charge in [-0.25, -0.2) is 26.9 Å². The second kappa shape index (κ2) is 8.03.